The van der Waals surface area contributed by atoms with E-state index < -0.39 is 11.2 Å². The van der Waals surface area contributed by atoms with Crippen LogP contribution in [-0.2, 0) is 10.3 Å². The molecule has 0 aliphatic carbocycles. The van der Waals surface area contributed by atoms with E-state index in [1.165, 1.54) is 23.5 Å². The first-order valence-corrected chi connectivity index (χ1v) is 9.31. The second kappa shape index (κ2) is 6.25. The largest absolute Gasteiger partial charge is 0.444 e. The van der Waals surface area contributed by atoms with Gasteiger partial charge in [0.2, 0.25) is 0 Å². The molecule has 2 unspecified atom stereocenters. The summed E-state index contributed by atoms with van der Waals surface area (Å²) in [7, 11) is 0. The van der Waals surface area contributed by atoms with Crippen LogP contribution in [0.25, 0.3) is 10.1 Å². The van der Waals surface area contributed by atoms with Gasteiger partial charge in [0.25, 0.3) is 0 Å². The zero-order valence-corrected chi connectivity index (χ0v) is 15.8. The highest BCUT2D eigenvalue weighted by Crippen LogP contribution is 2.41. The van der Waals surface area contributed by atoms with Crippen molar-refractivity contribution in [2.45, 2.75) is 57.8 Å². The summed E-state index contributed by atoms with van der Waals surface area (Å²) in [5.74, 6) is -0.277. The van der Waals surface area contributed by atoms with Crippen molar-refractivity contribution in [2.24, 2.45) is 0 Å². The number of piperidine rings is 1. The second-order valence-corrected chi connectivity index (χ2v) is 8.89. The molecular weight excluding hydrogens is 341 g/mol. The molecule has 0 saturated carbocycles. The molecule has 0 radical (unpaired) electrons. The Balaban J connectivity index is 1.79. The van der Waals surface area contributed by atoms with Crippen molar-refractivity contribution in [3.8, 4) is 0 Å². The quantitative estimate of drug-likeness (QED) is 0.800. The first-order chi connectivity index (χ1) is 11.6. The number of aliphatic hydroxyl groups is 1. The van der Waals surface area contributed by atoms with E-state index in [4.69, 9.17) is 4.74 Å². The van der Waals surface area contributed by atoms with Gasteiger partial charge in [-0.05, 0) is 57.7 Å². The van der Waals surface area contributed by atoms with Gasteiger partial charge in [-0.25, -0.2) is 9.18 Å². The van der Waals surface area contributed by atoms with Crippen molar-refractivity contribution in [3.05, 3.63) is 35.0 Å². The summed E-state index contributed by atoms with van der Waals surface area (Å²) in [5.41, 5.74) is -1.54. The molecule has 3 rings (SSSR count). The Morgan fingerprint density at radius 3 is 2.76 bits per heavy atom. The molecule has 4 nitrogen and oxygen atoms in total. The van der Waals surface area contributed by atoms with Crippen molar-refractivity contribution >= 4 is 27.5 Å². The van der Waals surface area contributed by atoms with Crippen LogP contribution in [-0.4, -0.2) is 34.3 Å². The van der Waals surface area contributed by atoms with Crippen LogP contribution in [0, 0.1) is 5.82 Å². The number of fused-ring (bicyclic) bond motifs is 1. The monoisotopic (exact) mass is 365 g/mol. The van der Waals surface area contributed by atoms with Crippen LogP contribution in [0.1, 0.15) is 45.4 Å². The Labute approximate surface area is 151 Å². The molecule has 1 aromatic carbocycles. The molecule has 1 N–H and O–H groups in total. The van der Waals surface area contributed by atoms with Crippen molar-refractivity contribution in [1.29, 1.82) is 0 Å². The maximum absolute atomic E-state index is 13.4. The third-order valence-electron chi connectivity index (χ3n) is 4.50. The fourth-order valence-electron chi connectivity index (χ4n) is 3.28. The molecule has 2 heterocycles. The van der Waals surface area contributed by atoms with Gasteiger partial charge in [0, 0.05) is 28.6 Å². The van der Waals surface area contributed by atoms with E-state index in [0.29, 0.717) is 19.4 Å². The lowest BCUT2D eigenvalue weighted by Gasteiger charge is -2.42. The predicted molar refractivity (Wildman–Crippen MR) is 97.3 cm³/mol. The summed E-state index contributed by atoms with van der Waals surface area (Å²) in [5, 5.41) is 12.1. The first kappa shape index (κ1) is 18.1. The van der Waals surface area contributed by atoms with Gasteiger partial charge in [-0.1, -0.05) is 6.07 Å². The highest BCUT2D eigenvalue weighted by molar-refractivity contribution is 7.19. The molecule has 1 fully saturated rings. The van der Waals surface area contributed by atoms with Crippen LogP contribution in [0.15, 0.2) is 24.3 Å². The van der Waals surface area contributed by atoms with Gasteiger partial charge in [-0.3, -0.25) is 0 Å². The molecule has 0 spiro atoms. The van der Waals surface area contributed by atoms with Gasteiger partial charge in [0.15, 0.2) is 0 Å². The third kappa shape index (κ3) is 3.80. The minimum Gasteiger partial charge on any atom is -0.444 e. The highest BCUT2D eigenvalue weighted by atomic mass is 32.1. The number of ether oxygens (including phenoxy) is 1. The number of halogens is 1. The number of rotatable bonds is 1. The number of hydrogen-bond acceptors (Lipinski definition) is 4. The Morgan fingerprint density at radius 1 is 1.40 bits per heavy atom. The summed E-state index contributed by atoms with van der Waals surface area (Å²) in [4.78, 5) is 14.8. The van der Waals surface area contributed by atoms with E-state index in [9.17, 15) is 14.3 Å². The number of nitrogens with zero attached hydrogens (tertiary/aromatic N) is 1. The van der Waals surface area contributed by atoms with E-state index in [1.807, 2.05) is 33.8 Å². The Bertz CT molecular complexity index is 798. The fourth-order valence-corrected chi connectivity index (χ4v) is 4.49. The number of carbonyl (C=O) groups is 1. The minimum absolute atomic E-state index is 0.143. The predicted octanol–water partition coefficient (Wildman–Crippen LogP) is 4.65. The SMILES string of the molecule is CC1CC(O)(c2cc3ccc(F)cc3s2)CCN1C(=O)OC(C)(C)C. The van der Waals surface area contributed by atoms with E-state index >= 15 is 0 Å². The molecule has 1 saturated heterocycles. The highest BCUT2D eigenvalue weighted by Gasteiger charge is 2.41. The van der Waals surface area contributed by atoms with Crippen LogP contribution in [0.2, 0.25) is 0 Å². The van der Waals surface area contributed by atoms with Gasteiger partial charge < -0.3 is 14.7 Å². The Kier molecular flexibility index (Phi) is 4.54. The molecule has 1 aliphatic rings. The lowest BCUT2D eigenvalue weighted by molar-refractivity contribution is -0.0525. The van der Waals surface area contributed by atoms with Crippen LogP contribution in [0.5, 0.6) is 0 Å². The molecule has 2 aromatic rings. The zero-order chi connectivity index (χ0) is 18.4. The molecule has 2 atom stereocenters. The van der Waals surface area contributed by atoms with Crippen molar-refractivity contribution < 1.29 is 19.0 Å². The summed E-state index contributed by atoms with van der Waals surface area (Å²) < 4.78 is 19.7. The third-order valence-corrected chi connectivity index (χ3v) is 5.79. The van der Waals surface area contributed by atoms with Gasteiger partial charge in [0.1, 0.15) is 17.0 Å². The molecule has 1 aromatic heterocycles. The van der Waals surface area contributed by atoms with Crippen molar-refractivity contribution in [3.63, 3.8) is 0 Å². The normalized spacial score (nSPS) is 24.6. The van der Waals surface area contributed by atoms with E-state index in [0.717, 1.165) is 15.0 Å². The Morgan fingerprint density at radius 2 is 2.12 bits per heavy atom. The van der Waals surface area contributed by atoms with Gasteiger partial charge in [-0.2, -0.15) is 0 Å². The standard InChI is InChI=1S/C19H24FNO3S/c1-12-11-19(23,7-8-21(12)17(22)24-18(2,3)4)16-9-13-5-6-14(20)10-15(13)25-16/h5-6,9-10,12,23H,7-8,11H2,1-4H3. The average molecular weight is 365 g/mol. The molecule has 1 aliphatic heterocycles. The maximum atomic E-state index is 13.4. The zero-order valence-electron chi connectivity index (χ0n) is 15.0. The van der Waals surface area contributed by atoms with E-state index in [2.05, 4.69) is 0 Å². The molecule has 6 heteroatoms. The van der Waals surface area contributed by atoms with Crippen LogP contribution >= 0.6 is 11.3 Å². The summed E-state index contributed by atoms with van der Waals surface area (Å²) in [6.45, 7) is 7.86. The average Bonchev–Trinajstić information content (AvgIpc) is 2.89. The summed E-state index contributed by atoms with van der Waals surface area (Å²) in [6.07, 6.45) is 0.522. The first-order valence-electron chi connectivity index (χ1n) is 8.49. The number of amides is 1. The molecule has 136 valence electrons. The Hall–Kier alpha value is -1.66. The maximum Gasteiger partial charge on any atom is 0.410 e. The number of likely N-dealkylation sites (tertiary alicyclic amines) is 1. The van der Waals surface area contributed by atoms with E-state index in [1.54, 1.807) is 11.0 Å². The van der Waals surface area contributed by atoms with E-state index in [-0.39, 0.29) is 18.0 Å². The smallest absolute Gasteiger partial charge is 0.410 e. The lowest BCUT2D eigenvalue weighted by atomic mass is 9.85. The van der Waals surface area contributed by atoms with Gasteiger partial charge in [0.05, 0.1) is 0 Å². The number of hydrogen-bond donors (Lipinski definition) is 1. The molecule has 25 heavy (non-hydrogen) atoms. The minimum atomic E-state index is -1.00. The van der Waals surface area contributed by atoms with Crippen LogP contribution in [0.4, 0.5) is 9.18 Å². The van der Waals surface area contributed by atoms with Crippen molar-refractivity contribution in [2.75, 3.05) is 6.54 Å². The topological polar surface area (TPSA) is 49.8 Å². The lowest BCUT2D eigenvalue weighted by Crippen LogP contribution is -2.51. The number of thiophene rings is 1. The van der Waals surface area contributed by atoms with Gasteiger partial charge in [-0.15, -0.1) is 11.3 Å². The number of benzene rings is 1. The summed E-state index contributed by atoms with van der Waals surface area (Å²) in [6, 6.07) is 6.43. The van der Waals surface area contributed by atoms with Crippen LogP contribution in [0.3, 0.4) is 0 Å². The number of carbonyl (C=O) groups excluding carboxylic acids is 1. The second-order valence-electron chi connectivity index (χ2n) is 7.80. The van der Waals surface area contributed by atoms with Gasteiger partial charge >= 0.3 is 6.09 Å². The van der Waals surface area contributed by atoms with Crippen LogP contribution < -0.4 is 0 Å². The molecule has 0 bridgehead atoms. The molecular formula is C19H24FNO3S. The summed E-state index contributed by atoms with van der Waals surface area (Å²) >= 11 is 1.41. The molecule has 1 amide bonds. The fraction of sp³-hybridized carbons (Fsp3) is 0.526. The van der Waals surface area contributed by atoms with Crippen molar-refractivity contribution in [1.82, 2.24) is 4.90 Å².